The summed E-state index contributed by atoms with van der Waals surface area (Å²) in [6.45, 7) is -4.41. The highest BCUT2D eigenvalue weighted by molar-refractivity contribution is 5.78. The Kier molecular flexibility index (Phi) is 43.8. The van der Waals surface area contributed by atoms with Crippen molar-refractivity contribution in [2.45, 2.75) is 375 Å². The van der Waals surface area contributed by atoms with E-state index in [0.717, 1.165) is 66.2 Å². The van der Waals surface area contributed by atoms with Gasteiger partial charge in [0, 0.05) is 47.0 Å². The van der Waals surface area contributed by atoms with E-state index < -0.39 is 357 Å². The molecule has 7 aliphatic heterocycles. The summed E-state index contributed by atoms with van der Waals surface area (Å²) in [6, 6.07) is -9.28. The van der Waals surface area contributed by atoms with Gasteiger partial charge in [-0.3, -0.25) is 24.0 Å². The zero-order valence-corrected chi connectivity index (χ0v) is 72.0. The highest BCUT2D eigenvalue weighted by Gasteiger charge is 2.66. The Labute approximate surface area is 744 Å². The van der Waals surface area contributed by atoms with Gasteiger partial charge < -0.3 is 221 Å². The molecule has 7 heterocycles. The number of carboxylic acids is 3. The third kappa shape index (κ3) is 27.7. The zero-order chi connectivity index (χ0) is 96.7. The van der Waals surface area contributed by atoms with E-state index in [9.17, 15) is 166 Å². The minimum atomic E-state index is -3.64. The molecule has 7 rings (SSSR count). The number of carboxylic acid groups (broad SMARTS) is 3. The highest BCUT2D eigenvalue weighted by atomic mass is 16.8. The summed E-state index contributed by atoms with van der Waals surface area (Å²) in [5, 5.41) is 294. The standard InChI is InChI=1S/C78H131N5O47/c1-6-7-8-9-10-11-12-13-14-15-16-17-18-19-37(96)36(79-31-91)30-117-70-58(108)57(107)61(46(28-89)120-70)122-72-60(110)68(130-78(75(115)116)22-39(98)49(81-33(3)93)65(127-78)53(103)42(101)24-85)62(47(29-90)121-72)123-69-51(83-35(5)95)63(54(104)43(25-86)118-69)124-71-59(109)67(55(105)44(26-87)119-71)129-77(74(113)114)21-40(99)50(82-34(4)94)66(128-77)56(106)45(27-88)125-76(73(111)112)20-38(97)48(80-32(2)92)64(126-76)52(102)41(100)23-84/h18-19,31,36-72,84-90,96-110H,6-17,20-30H2,1-5H3,(H,79,91)(H,80,92)(H,81,93)(H,82,94)(H,83,95)(H,111,112)(H,113,114)(H,115,116)/b19-18+. The molecule has 0 aromatic rings. The number of rotatable bonds is 51. The van der Waals surface area contributed by atoms with Crippen molar-refractivity contribution in [3.8, 4) is 0 Å². The first kappa shape index (κ1) is 111. The number of aliphatic carboxylic acids is 3. The van der Waals surface area contributed by atoms with E-state index in [4.69, 9.17) is 66.3 Å². The second-order valence-corrected chi connectivity index (χ2v) is 33.2. The van der Waals surface area contributed by atoms with Crippen molar-refractivity contribution in [1.29, 1.82) is 0 Å². The monoisotopic (exact) mass is 1890 g/mol. The first-order valence-electron chi connectivity index (χ1n) is 42.9. The van der Waals surface area contributed by atoms with Crippen LogP contribution >= 0.6 is 0 Å². The topological polar surface area (TPSA) is 832 Å². The van der Waals surface area contributed by atoms with Crippen LogP contribution in [-0.2, 0) is 105 Å². The van der Waals surface area contributed by atoms with Crippen molar-refractivity contribution in [3.63, 3.8) is 0 Å². The smallest absolute Gasteiger partial charge is 0.364 e. The Balaban J connectivity index is 1.21. The van der Waals surface area contributed by atoms with E-state index in [2.05, 4.69) is 33.5 Å². The predicted octanol–water partition coefficient (Wildman–Crippen LogP) is -13.3. The van der Waals surface area contributed by atoms with Gasteiger partial charge in [0.15, 0.2) is 25.2 Å². The molecule has 7 saturated heterocycles. The second kappa shape index (κ2) is 51.3. The molecule has 130 heavy (non-hydrogen) atoms. The van der Waals surface area contributed by atoms with E-state index in [1.807, 2.05) is 0 Å². The molecule has 0 aromatic carbocycles. The van der Waals surface area contributed by atoms with Crippen LogP contribution in [0.1, 0.15) is 131 Å². The summed E-state index contributed by atoms with van der Waals surface area (Å²) in [5.41, 5.74) is 0. The molecule has 52 heteroatoms. The zero-order valence-electron chi connectivity index (χ0n) is 72.0. The van der Waals surface area contributed by atoms with Gasteiger partial charge in [0.05, 0.1) is 101 Å². The number of unbranched alkanes of at least 4 members (excludes halogenated alkanes) is 11. The molecule has 0 radical (unpaired) electrons. The lowest BCUT2D eigenvalue weighted by Gasteiger charge is -2.53. The molecular weight excluding hydrogens is 1760 g/mol. The third-order valence-electron chi connectivity index (χ3n) is 23.5. The van der Waals surface area contributed by atoms with Crippen molar-refractivity contribution < 1.29 is 232 Å². The maximum Gasteiger partial charge on any atom is 0.364 e. The third-order valence-corrected chi connectivity index (χ3v) is 23.5. The lowest BCUT2D eigenvalue weighted by atomic mass is 9.87. The molecule has 0 aliphatic carbocycles. The molecule has 30 N–H and O–H groups in total. The molecule has 0 spiro atoms. The van der Waals surface area contributed by atoms with E-state index in [-0.39, 0.29) is 6.41 Å². The molecule has 5 amide bonds. The van der Waals surface area contributed by atoms with Crippen molar-refractivity contribution in [3.05, 3.63) is 12.2 Å². The van der Waals surface area contributed by atoms with Crippen molar-refractivity contribution in [2.24, 2.45) is 0 Å². The predicted molar refractivity (Wildman–Crippen MR) is 423 cm³/mol. The number of allylic oxidation sites excluding steroid dienone is 1. The van der Waals surface area contributed by atoms with Gasteiger partial charge in [0.25, 0.3) is 17.4 Å². The van der Waals surface area contributed by atoms with Crippen LogP contribution in [0.15, 0.2) is 12.2 Å². The van der Waals surface area contributed by atoms with Gasteiger partial charge in [-0.25, -0.2) is 14.4 Å². The molecular formula is C78H131N5O47. The lowest BCUT2D eigenvalue weighted by Crippen LogP contribution is -2.73. The summed E-state index contributed by atoms with van der Waals surface area (Å²) < 4.78 is 83.1. The summed E-state index contributed by atoms with van der Waals surface area (Å²) in [7, 11) is 0. The molecule has 7 fully saturated rings. The van der Waals surface area contributed by atoms with Crippen LogP contribution < -0.4 is 26.6 Å². The number of hydrogen-bond donors (Lipinski definition) is 30. The summed E-state index contributed by atoms with van der Waals surface area (Å²) in [6.07, 6.45) is -63.4. The van der Waals surface area contributed by atoms with Crippen LogP contribution in [-0.4, -0.2) is 472 Å². The first-order chi connectivity index (χ1) is 61.5. The van der Waals surface area contributed by atoms with Gasteiger partial charge in [-0.05, 0) is 12.8 Å². The van der Waals surface area contributed by atoms with Gasteiger partial charge in [-0.15, -0.1) is 0 Å². The quantitative estimate of drug-likeness (QED) is 0.0153. The SMILES string of the molecule is CCCCCCCCCCCCC/C=C/C(O)C(COC1OC(CO)C(OC2OC(CO)C(OC3OC(CO)C(O)C(OC4OC(CO)C(O)C(OC5(C(=O)O)CC(O)C(NC(C)=O)C(C(O)C(CO)OC6(C(=O)O)CC(O)C(NC(C)=O)C(C(O)C(O)CO)O6)O5)C4O)C3NC(C)=O)C(OC3(C(=O)O)CC(O)C(NC(C)=O)C(C(O)C(O)CO)O3)C2O)C(O)C1O)NC=O. The minimum Gasteiger partial charge on any atom is -0.477 e. The molecule has 52 nitrogen and oxygen atoms in total. The number of aliphatic hydroxyl groups excluding tert-OH is 22. The maximum absolute atomic E-state index is 14.0. The van der Waals surface area contributed by atoms with Crippen molar-refractivity contribution in [2.75, 3.05) is 52.9 Å². The number of nitrogens with one attached hydrogen (secondary N) is 5. The van der Waals surface area contributed by atoms with E-state index in [1.54, 1.807) is 6.08 Å². The van der Waals surface area contributed by atoms with Crippen LogP contribution in [0.25, 0.3) is 0 Å². The van der Waals surface area contributed by atoms with Gasteiger partial charge in [-0.2, -0.15) is 0 Å². The molecule has 7 aliphatic rings. The van der Waals surface area contributed by atoms with E-state index >= 15 is 0 Å². The lowest BCUT2D eigenvalue weighted by molar-refractivity contribution is -0.405. The average Bonchev–Trinajstić information content (AvgIpc) is 0.751. The molecule has 40 atom stereocenters. The number of aliphatic hydroxyl groups is 22. The van der Waals surface area contributed by atoms with Gasteiger partial charge in [0.2, 0.25) is 30.0 Å². The number of hydrogen-bond acceptors (Lipinski definition) is 44. The fraction of sp³-hybridized carbons (Fsp3) is 0.872. The fourth-order valence-corrected chi connectivity index (χ4v) is 16.7. The average molecular weight is 1890 g/mol. The number of ether oxygens (including phenoxy) is 14. The number of amides is 5. The summed E-state index contributed by atoms with van der Waals surface area (Å²) in [4.78, 5) is 104. The Morgan fingerprint density at radius 3 is 1.23 bits per heavy atom. The Morgan fingerprint density at radius 1 is 0.415 bits per heavy atom. The molecule has 0 saturated carbocycles. The van der Waals surface area contributed by atoms with Gasteiger partial charge >= 0.3 is 17.9 Å². The minimum absolute atomic E-state index is 0.253. The first-order valence-corrected chi connectivity index (χ1v) is 42.9. The summed E-state index contributed by atoms with van der Waals surface area (Å²) in [5.74, 6) is -21.6. The van der Waals surface area contributed by atoms with Crippen LogP contribution in [0.4, 0.5) is 0 Å². The van der Waals surface area contributed by atoms with Gasteiger partial charge in [-0.1, -0.05) is 83.3 Å². The Morgan fingerprint density at radius 2 is 0.792 bits per heavy atom. The van der Waals surface area contributed by atoms with E-state index in [0.29, 0.717) is 6.42 Å². The Hall–Kier alpha value is -5.94. The molecule has 750 valence electrons. The van der Waals surface area contributed by atoms with E-state index in [1.165, 1.54) is 38.2 Å². The van der Waals surface area contributed by atoms with Crippen LogP contribution in [0.2, 0.25) is 0 Å². The molecule has 0 aromatic heterocycles. The number of carbonyl (C=O) groups excluding carboxylic acids is 5. The fourth-order valence-electron chi connectivity index (χ4n) is 16.7. The molecule has 40 unspecified atom stereocenters. The normalized spacial score (nSPS) is 38.6. The second-order valence-electron chi connectivity index (χ2n) is 33.2. The van der Waals surface area contributed by atoms with Gasteiger partial charge in [0.1, 0.15) is 153 Å². The number of carbonyl (C=O) groups is 8. The van der Waals surface area contributed by atoms with Crippen LogP contribution in [0, 0.1) is 0 Å². The van der Waals surface area contributed by atoms with Crippen LogP contribution in [0.5, 0.6) is 0 Å². The van der Waals surface area contributed by atoms with Crippen LogP contribution in [0.3, 0.4) is 0 Å². The largest absolute Gasteiger partial charge is 0.477 e. The highest BCUT2D eigenvalue weighted by Crippen LogP contribution is 2.45. The summed E-state index contributed by atoms with van der Waals surface area (Å²) >= 11 is 0. The van der Waals surface area contributed by atoms with Crippen molar-refractivity contribution in [1.82, 2.24) is 26.6 Å². The Bertz CT molecular complexity index is 3560. The molecule has 0 bridgehead atoms. The maximum atomic E-state index is 14.0. The van der Waals surface area contributed by atoms with Crippen molar-refractivity contribution >= 4 is 47.9 Å².